The molecule has 2 N–H and O–H groups in total. The Labute approximate surface area is 101 Å². The average molecular weight is 235 g/mol. The van der Waals surface area contributed by atoms with Crippen LogP contribution in [0.2, 0.25) is 0 Å². The van der Waals surface area contributed by atoms with Gasteiger partial charge in [-0.2, -0.15) is 0 Å². The van der Waals surface area contributed by atoms with Crippen LogP contribution in [0, 0.1) is 0 Å². The first-order valence-corrected chi connectivity index (χ1v) is 5.69. The summed E-state index contributed by atoms with van der Waals surface area (Å²) in [6.45, 7) is 2.69. The molecule has 2 rings (SSSR count). The molecule has 1 aliphatic rings. The topological polar surface area (TPSA) is 68.5 Å². The monoisotopic (exact) mass is 235 g/mol. The maximum Gasteiger partial charge on any atom is 0.256 e. The molecule has 0 bridgehead atoms. The fourth-order valence-corrected chi connectivity index (χ4v) is 2.17. The van der Waals surface area contributed by atoms with E-state index in [-0.39, 0.29) is 18.1 Å². The predicted molar refractivity (Wildman–Crippen MR) is 64.6 cm³/mol. The van der Waals surface area contributed by atoms with E-state index in [9.17, 15) is 4.79 Å². The lowest BCUT2D eigenvalue weighted by molar-refractivity contribution is 0.0575. The van der Waals surface area contributed by atoms with E-state index < -0.39 is 0 Å². The van der Waals surface area contributed by atoms with Crippen molar-refractivity contribution in [1.82, 2.24) is 9.88 Å². The molecule has 1 aliphatic heterocycles. The van der Waals surface area contributed by atoms with Crippen molar-refractivity contribution in [3.63, 3.8) is 0 Å². The Bertz CT molecular complexity index is 422. The Hall–Kier alpha value is -1.62. The number of hydrogen-bond donors (Lipinski definition) is 1. The molecule has 0 aromatic carbocycles. The Balaban J connectivity index is 2.17. The van der Waals surface area contributed by atoms with Gasteiger partial charge in [0.25, 0.3) is 5.91 Å². The Morgan fingerprint density at radius 3 is 3.00 bits per heavy atom. The number of ether oxygens (including phenoxy) is 1. The van der Waals surface area contributed by atoms with Gasteiger partial charge in [0.05, 0.1) is 29.6 Å². The summed E-state index contributed by atoms with van der Waals surface area (Å²) < 4.78 is 5.47. The van der Waals surface area contributed by atoms with E-state index in [1.807, 2.05) is 6.92 Å². The number of pyridine rings is 1. The van der Waals surface area contributed by atoms with Crippen LogP contribution in [0.5, 0.6) is 0 Å². The second-order valence-electron chi connectivity index (χ2n) is 4.31. The summed E-state index contributed by atoms with van der Waals surface area (Å²) in [6.07, 6.45) is 4.02. The first-order chi connectivity index (χ1) is 8.11. The van der Waals surface area contributed by atoms with Crippen molar-refractivity contribution in [1.29, 1.82) is 0 Å². The molecular formula is C12H17N3O2. The number of amides is 1. The SMILES string of the molecule is CC1OCCC1N(C)C(=O)c1ccncc1N. The Morgan fingerprint density at radius 2 is 2.41 bits per heavy atom. The van der Waals surface area contributed by atoms with Crippen LogP contribution < -0.4 is 5.73 Å². The molecule has 1 aromatic rings. The zero-order valence-corrected chi connectivity index (χ0v) is 10.1. The maximum absolute atomic E-state index is 12.3. The summed E-state index contributed by atoms with van der Waals surface area (Å²) in [4.78, 5) is 17.9. The van der Waals surface area contributed by atoms with Crippen molar-refractivity contribution in [3.8, 4) is 0 Å². The summed E-state index contributed by atoms with van der Waals surface area (Å²) in [7, 11) is 1.79. The first kappa shape index (κ1) is 11.9. The summed E-state index contributed by atoms with van der Waals surface area (Å²) >= 11 is 0. The van der Waals surface area contributed by atoms with Crippen LogP contribution in [-0.4, -0.2) is 41.6 Å². The summed E-state index contributed by atoms with van der Waals surface area (Å²) in [6, 6.07) is 1.77. The number of carbonyl (C=O) groups excluding carboxylic acids is 1. The van der Waals surface area contributed by atoms with Crippen molar-refractivity contribution in [2.45, 2.75) is 25.5 Å². The zero-order chi connectivity index (χ0) is 12.4. The van der Waals surface area contributed by atoms with Gasteiger partial charge in [-0.1, -0.05) is 0 Å². The molecule has 1 fully saturated rings. The van der Waals surface area contributed by atoms with Crippen LogP contribution in [-0.2, 0) is 4.74 Å². The van der Waals surface area contributed by atoms with Crippen LogP contribution in [0.3, 0.4) is 0 Å². The number of aromatic nitrogens is 1. The van der Waals surface area contributed by atoms with Crippen molar-refractivity contribution >= 4 is 11.6 Å². The smallest absolute Gasteiger partial charge is 0.256 e. The molecule has 5 heteroatoms. The lowest BCUT2D eigenvalue weighted by Crippen LogP contribution is -2.41. The van der Waals surface area contributed by atoms with Gasteiger partial charge in [0, 0.05) is 19.9 Å². The predicted octanol–water partition coefficient (Wildman–Crippen LogP) is 0.913. The third-order valence-electron chi connectivity index (χ3n) is 3.24. The van der Waals surface area contributed by atoms with Crippen molar-refractivity contribution in [2.24, 2.45) is 0 Å². The molecule has 2 heterocycles. The fraction of sp³-hybridized carbons (Fsp3) is 0.500. The van der Waals surface area contributed by atoms with Gasteiger partial charge in [-0.3, -0.25) is 9.78 Å². The minimum atomic E-state index is -0.0766. The quantitative estimate of drug-likeness (QED) is 0.827. The number of anilines is 1. The highest BCUT2D eigenvalue weighted by Crippen LogP contribution is 2.21. The highest BCUT2D eigenvalue weighted by atomic mass is 16.5. The highest BCUT2D eigenvalue weighted by Gasteiger charge is 2.31. The van der Waals surface area contributed by atoms with Gasteiger partial charge in [0.2, 0.25) is 0 Å². The Kier molecular flexibility index (Phi) is 3.28. The number of carbonyl (C=O) groups is 1. The molecular weight excluding hydrogens is 218 g/mol. The van der Waals surface area contributed by atoms with Crippen LogP contribution >= 0.6 is 0 Å². The minimum absolute atomic E-state index is 0.0759. The molecule has 0 radical (unpaired) electrons. The van der Waals surface area contributed by atoms with Crippen LogP contribution in [0.25, 0.3) is 0 Å². The third kappa shape index (κ3) is 2.24. The number of hydrogen-bond acceptors (Lipinski definition) is 4. The molecule has 1 amide bonds. The number of nitrogens with two attached hydrogens (primary N) is 1. The van der Waals surface area contributed by atoms with E-state index in [0.717, 1.165) is 6.42 Å². The third-order valence-corrected chi connectivity index (χ3v) is 3.24. The van der Waals surface area contributed by atoms with Gasteiger partial charge in [-0.25, -0.2) is 0 Å². The minimum Gasteiger partial charge on any atom is -0.397 e. The van der Waals surface area contributed by atoms with E-state index in [0.29, 0.717) is 17.9 Å². The Morgan fingerprint density at radius 1 is 1.65 bits per heavy atom. The molecule has 2 atom stereocenters. The van der Waals surface area contributed by atoms with Gasteiger partial charge in [0.1, 0.15) is 0 Å². The molecule has 0 aliphatic carbocycles. The second-order valence-corrected chi connectivity index (χ2v) is 4.31. The first-order valence-electron chi connectivity index (χ1n) is 5.69. The number of likely N-dealkylation sites (N-methyl/N-ethyl adjacent to an activating group) is 1. The van der Waals surface area contributed by atoms with Gasteiger partial charge < -0.3 is 15.4 Å². The van der Waals surface area contributed by atoms with Crippen molar-refractivity contribution in [3.05, 3.63) is 24.0 Å². The average Bonchev–Trinajstić information content (AvgIpc) is 2.74. The maximum atomic E-state index is 12.3. The lowest BCUT2D eigenvalue weighted by Gasteiger charge is -2.27. The molecule has 1 saturated heterocycles. The number of nitrogen functional groups attached to an aromatic ring is 1. The fourth-order valence-electron chi connectivity index (χ4n) is 2.17. The second kappa shape index (κ2) is 4.71. The highest BCUT2D eigenvalue weighted by molar-refractivity contribution is 5.98. The largest absolute Gasteiger partial charge is 0.397 e. The normalized spacial score (nSPS) is 23.6. The lowest BCUT2D eigenvalue weighted by atomic mass is 10.1. The van der Waals surface area contributed by atoms with E-state index in [2.05, 4.69) is 4.98 Å². The molecule has 5 nitrogen and oxygen atoms in total. The van der Waals surface area contributed by atoms with Crippen LogP contribution in [0.4, 0.5) is 5.69 Å². The van der Waals surface area contributed by atoms with Crippen LogP contribution in [0.15, 0.2) is 18.5 Å². The number of rotatable bonds is 2. The summed E-state index contributed by atoms with van der Waals surface area (Å²) in [5, 5.41) is 0. The van der Waals surface area contributed by atoms with Gasteiger partial charge in [-0.05, 0) is 19.4 Å². The summed E-state index contributed by atoms with van der Waals surface area (Å²) in [5.41, 5.74) is 6.67. The molecule has 2 unspecified atom stereocenters. The number of nitrogens with zero attached hydrogens (tertiary/aromatic N) is 2. The van der Waals surface area contributed by atoms with E-state index in [4.69, 9.17) is 10.5 Å². The van der Waals surface area contributed by atoms with E-state index >= 15 is 0 Å². The molecule has 92 valence electrons. The van der Waals surface area contributed by atoms with E-state index in [1.54, 1.807) is 24.2 Å². The van der Waals surface area contributed by atoms with Crippen molar-refractivity contribution < 1.29 is 9.53 Å². The summed E-state index contributed by atoms with van der Waals surface area (Å²) in [5.74, 6) is -0.0766. The van der Waals surface area contributed by atoms with Gasteiger partial charge >= 0.3 is 0 Å². The molecule has 1 aromatic heterocycles. The zero-order valence-electron chi connectivity index (χ0n) is 10.1. The van der Waals surface area contributed by atoms with Gasteiger partial charge in [-0.15, -0.1) is 0 Å². The van der Waals surface area contributed by atoms with Gasteiger partial charge in [0.15, 0.2) is 0 Å². The molecule has 0 spiro atoms. The van der Waals surface area contributed by atoms with Crippen molar-refractivity contribution in [2.75, 3.05) is 19.4 Å². The van der Waals surface area contributed by atoms with Crippen LogP contribution in [0.1, 0.15) is 23.7 Å². The molecule has 17 heavy (non-hydrogen) atoms. The molecule has 0 saturated carbocycles. The standard InChI is InChI=1S/C12H17N3O2/c1-8-11(4-6-17-8)15(2)12(16)9-3-5-14-7-10(9)13/h3,5,7-8,11H,4,6,13H2,1-2H3. The van der Waals surface area contributed by atoms with E-state index in [1.165, 1.54) is 6.20 Å².